The summed E-state index contributed by atoms with van der Waals surface area (Å²) in [5.74, 6) is 0. The Labute approximate surface area is 101 Å². The van der Waals surface area contributed by atoms with Crippen molar-refractivity contribution in [2.45, 2.75) is 32.7 Å². The van der Waals surface area contributed by atoms with E-state index in [1.807, 2.05) is 13.8 Å². The number of rotatable bonds is 3. The fourth-order valence-electron chi connectivity index (χ4n) is 1.81. The summed E-state index contributed by atoms with van der Waals surface area (Å²) < 4.78 is 5.21. The Morgan fingerprint density at radius 1 is 1.06 bits per heavy atom. The lowest BCUT2D eigenvalue weighted by Gasteiger charge is -2.25. The Bertz CT molecular complexity index is 415. The van der Waals surface area contributed by atoms with Crippen LogP contribution in [-0.4, -0.2) is 26.3 Å². The lowest BCUT2D eigenvalue weighted by Crippen LogP contribution is -2.40. The van der Waals surface area contributed by atoms with Crippen molar-refractivity contribution in [1.29, 1.82) is 0 Å². The van der Waals surface area contributed by atoms with Gasteiger partial charge in [0.25, 0.3) is 10.9 Å². The summed E-state index contributed by atoms with van der Waals surface area (Å²) in [4.78, 5) is 22.4. The van der Waals surface area contributed by atoms with Gasteiger partial charge in [-0.15, -0.1) is 0 Å². The number of nitrogens with one attached hydrogen (secondary N) is 2. The molecule has 1 aliphatic heterocycles. The summed E-state index contributed by atoms with van der Waals surface area (Å²) in [5, 5.41) is 5.84. The van der Waals surface area contributed by atoms with E-state index in [-0.39, 0.29) is 6.04 Å². The van der Waals surface area contributed by atoms with Gasteiger partial charge in [-0.25, -0.2) is 0 Å². The van der Waals surface area contributed by atoms with Gasteiger partial charge in [-0.3, -0.25) is 9.59 Å². The van der Waals surface area contributed by atoms with Gasteiger partial charge in [-0.2, -0.15) is 0 Å². The third kappa shape index (κ3) is 2.85. The van der Waals surface area contributed by atoms with Crippen molar-refractivity contribution < 1.29 is 4.74 Å². The Kier molecular flexibility index (Phi) is 5.15. The fraction of sp³-hybridized carbons (Fsp3) is 0.667. The van der Waals surface area contributed by atoms with Crippen molar-refractivity contribution in [1.82, 2.24) is 0 Å². The Morgan fingerprint density at radius 2 is 1.59 bits per heavy atom. The standard InChI is InChI=1S/C10H14N2O3.C2H6/c1-11-7-8(10(14)9(7)13)12-6-2-4-15-5-3-6;1-2/h6,11-12H,2-5H2,1H3;1-2H3. The Balaban J connectivity index is 0.000000686. The van der Waals surface area contributed by atoms with Gasteiger partial charge in [-0.1, -0.05) is 13.8 Å². The van der Waals surface area contributed by atoms with E-state index in [1.54, 1.807) is 7.05 Å². The molecule has 5 heteroatoms. The van der Waals surface area contributed by atoms with Gasteiger partial charge in [-0.05, 0) is 12.8 Å². The highest BCUT2D eigenvalue weighted by atomic mass is 16.5. The quantitative estimate of drug-likeness (QED) is 0.770. The normalized spacial score (nSPS) is 16.2. The minimum atomic E-state index is -0.424. The highest BCUT2D eigenvalue weighted by Crippen LogP contribution is 2.18. The molecule has 0 aliphatic carbocycles. The maximum atomic E-state index is 11.3. The van der Waals surface area contributed by atoms with Crippen molar-refractivity contribution in [3.63, 3.8) is 0 Å². The summed E-state index contributed by atoms with van der Waals surface area (Å²) in [5.41, 5.74) is 0.0128. The van der Waals surface area contributed by atoms with Crippen LogP contribution in [0.3, 0.4) is 0 Å². The third-order valence-electron chi connectivity index (χ3n) is 2.73. The average Bonchev–Trinajstić information content (AvgIpc) is 2.41. The van der Waals surface area contributed by atoms with E-state index in [1.165, 1.54) is 0 Å². The maximum Gasteiger partial charge on any atom is 0.253 e. The number of ether oxygens (including phenoxy) is 1. The smallest absolute Gasteiger partial charge is 0.253 e. The van der Waals surface area contributed by atoms with Gasteiger partial charge in [0.1, 0.15) is 11.4 Å². The van der Waals surface area contributed by atoms with Crippen LogP contribution in [0, 0.1) is 0 Å². The Hall–Kier alpha value is -1.36. The molecule has 1 aromatic rings. The summed E-state index contributed by atoms with van der Waals surface area (Å²) in [6.07, 6.45) is 1.75. The lowest BCUT2D eigenvalue weighted by atomic mass is 10.1. The topological polar surface area (TPSA) is 67.4 Å². The molecule has 0 unspecified atom stereocenters. The molecule has 0 atom stereocenters. The molecule has 1 aliphatic rings. The zero-order chi connectivity index (χ0) is 12.8. The van der Waals surface area contributed by atoms with Crippen LogP contribution in [0.1, 0.15) is 26.7 Å². The van der Waals surface area contributed by atoms with E-state index in [9.17, 15) is 9.59 Å². The van der Waals surface area contributed by atoms with E-state index in [2.05, 4.69) is 10.6 Å². The second kappa shape index (κ2) is 6.39. The molecule has 1 heterocycles. The van der Waals surface area contributed by atoms with Crippen molar-refractivity contribution in [2.75, 3.05) is 30.9 Å². The van der Waals surface area contributed by atoms with Crippen LogP contribution in [0.4, 0.5) is 11.4 Å². The van der Waals surface area contributed by atoms with Crippen molar-refractivity contribution >= 4 is 11.4 Å². The predicted octanol–water partition coefficient (Wildman–Crippen LogP) is 0.941. The molecule has 1 saturated heterocycles. The largest absolute Gasteiger partial charge is 0.383 e. The van der Waals surface area contributed by atoms with Crippen molar-refractivity contribution in [3.05, 3.63) is 20.4 Å². The molecule has 5 nitrogen and oxygen atoms in total. The fourth-order valence-corrected chi connectivity index (χ4v) is 1.81. The molecule has 1 aromatic carbocycles. The van der Waals surface area contributed by atoms with Crippen LogP contribution in [0.25, 0.3) is 0 Å². The number of hydrogen-bond acceptors (Lipinski definition) is 5. The molecule has 0 bridgehead atoms. The molecule has 96 valence electrons. The first-order chi connectivity index (χ1) is 8.24. The Morgan fingerprint density at radius 3 is 2.12 bits per heavy atom. The molecule has 0 saturated carbocycles. The summed E-state index contributed by atoms with van der Waals surface area (Å²) >= 11 is 0. The highest BCUT2D eigenvalue weighted by Gasteiger charge is 2.23. The second-order valence-corrected chi connectivity index (χ2v) is 3.69. The zero-order valence-corrected chi connectivity index (χ0v) is 10.6. The summed E-state index contributed by atoms with van der Waals surface area (Å²) in [7, 11) is 1.64. The van der Waals surface area contributed by atoms with E-state index in [4.69, 9.17) is 4.74 Å². The van der Waals surface area contributed by atoms with Gasteiger partial charge in [0, 0.05) is 26.3 Å². The van der Waals surface area contributed by atoms with Gasteiger partial charge in [0.2, 0.25) is 0 Å². The first-order valence-electron chi connectivity index (χ1n) is 6.09. The van der Waals surface area contributed by atoms with Gasteiger partial charge >= 0.3 is 0 Å². The van der Waals surface area contributed by atoms with Crippen LogP contribution in [-0.2, 0) is 4.74 Å². The van der Waals surface area contributed by atoms with E-state index >= 15 is 0 Å². The van der Waals surface area contributed by atoms with E-state index in [0.29, 0.717) is 24.6 Å². The maximum absolute atomic E-state index is 11.3. The van der Waals surface area contributed by atoms with Crippen molar-refractivity contribution in [3.8, 4) is 0 Å². The summed E-state index contributed by atoms with van der Waals surface area (Å²) in [6.45, 7) is 5.42. The molecule has 2 N–H and O–H groups in total. The van der Waals surface area contributed by atoms with Crippen LogP contribution in [0.15, 0.2) is 9.59 Å². The lowest BCUT2D eigenvalue weighted by molar-refractivity contribution is 0.0904. The van der Waals surface area contributed by atoms with Crippen LogP contribution in [0.5, 0.6) is 0 Å². The predicted molar refractivity (Wildman–Crippen MR) is 69.7 cm³/mol. The highest BCUT2D eigenvalue weighted by molar-refractivity contribution is 5.73. The van der Waals surface area contributed by atoms with E-state index < -0.39 is 10.9 Å². The molecule has 1 fully saturated rings. The average molecular weight is 240 g/mol. The molecular formula is C12H20N2O3. The minimum Gasteiger partial charge on any atom is -0.383 e. The molecular weight excluding hydrogens is 220 g/mol. The molecule has 2 rings (SSSR count). The minimum absolute atomic E-state index is 0.245. The zero-order valence-electron chi connectivity index (χ0n) is 10.6. The second-order valence-electron chi connectivity index (χ2n) is 3.69. The van der Waals surface area contributed by atoms with E-state index in [0.717, 1.165) is 12.8 Å². The molecule has 17 heavy (non-hydrogen) atoms. The van der Waals surface area contributed by atoms with Crippen LogP contribution < -0.4 is 21.5 Å². The first kappa shape index (κ1) is 13.7. The van der Waals surface area contributed by atoms with Gasteiger partial charge in [0.15, 0.2) is 0 Å². The third-order valence-corrected chi connectivity index (χ3v) is 2.73. The van der Waals surface area contributed by atoms with Crippen LogP contribution >= 0.6 is 0 Å². The number of anilines is 2. The first-order valence-corrected chi connectivity index (χ1v) is 6.09. The van der Waals surface area contributed by atoms with Gasteiger partial charge < -0.3 is 15.4 Å². The molecule has 0 radical (unpaired) electrons. The monoisotopic (exact) mass is 240 g/mol. The summed E-state index contributed by atoms with van der Waals surface area (Å²) in [6, 6.07) is 0.245. The van der Waals surface area contributed by atoms with Gasteiger partial charge in [0.05, 0.1) is 0 Å². The molecule has 0 spiro atoms. The van der Waals surface area contributed by atoms with Crippen LogP contribution in [0.2, 0.25) is 0 Å². The molecule has 0 amide bonds. The van der Waals surface area contributed by atoms with Crippen molar-refractivity contribution in [2.24, 2.45) is 0 Å². The SMILES string of the molecule is CC.CNc1c(NC2CCOCC2)c(=O)c1=O. The molecule has 0 aromatic heterocycles. The number of hydrogen-bond donors (Lipinski definition) is 2.